The van der Waals surface area contributed by atoms with E-state index < -0.39 is 17.4 Å². The summed E-state index contributed by atoms with van der Waals surface area (Å²) in [4.78, 5) is 34.2. The number of amides is 2. The Morgan fingerprint density at radius 2 is 1.70 bits per heavy atom. The van der Waals surface area contributed by atoms with Crippen LogP contribution in [0.5, 0.6) is 5.75 Å². The average molecular weight is 371 g/mol. The molecule has 0 fully saturated rings. The molecule has 27 heavy (non-hydrogen) atoms. The Morgan fingerprint density at radius 3 is 2.33 bits per heavy atom. The third-order valence-corrected chi connectivity index (χ3v) is 3.81. The summed E-state index contributed by atoms with van der Waals surface area (Å²) in [6.45, 7) is 5.11. The number of hydrogen-bond acceptors (Lipinski definition) is 5. The second-order valence-corrected chi connectivity index (χ2v) is 6.11. The van der Waals surface area contributed by atoms with Gasteiger partial charge in [-0.3, -0.25) is 19.7 Å². The zero-order valence-electron chi connectivity index (χ0n) is 15.4. The number of ether oxygens (including phenoxy) is 1. The van der Waals surface area contributed by atoms with Crippen LogP contribution in [0.25, 0.3) is 0 Å². The number of para-hydroxylation sites is 2. The van der Waals surface area contributed by atoms with Gasteiger partial charge in [-0.1, -0.05) is 29.8 Å². The number of benzene rings is 2. The van der Waals surface area contributed by atoms with Gasteiger partial charge in [-0.05, 0) is 38.0 Å². The van der Waals surface area contributed by atoms with Crippen LogP contribution in [0.2, 0.25) is 0 Å². The maximum atomic E-state index is 12.1. The lowest BCUT2D eigenvalue weighted by Gasteiger charge is -2.13. The van der Waals surface area contributed by atoms with Crippen molar-refractivity contribution in [2.75, 3.05) is 18.5 Å². The maximum absolute atomic E-state index is 12.1. The van der Waals surface area contributed by atoms with Gasteiger partial charge in [-0.25, -0.2) is 0 Å². The number of nitro groups is 1. The Hall–Kier alpha value is -3.42. The van der Waals surface area contributed by atoms with Crippen LogP contribution in [-0.4, -0.2) is 29.9 Å². The first-order valence-corrected chi connectivity index (χ1v) is 8.28. The third-order valence-electron chi connectivity index (χ3n) is 3.81. The first kappa shape index (κ1) is 19.9. The van der Waals surface area contributed by atoms with E-state index in [-0.39, 0.29) is 23.9 Å². The molecule has 0 radical (unpaired) electrons. The minimum Gasteiger partial charge on any atom is -0.477 e. The summed E-state index contributed by atoms with van der Waals surface area (Å²) in [5.74, 6) is -0.933. The van der Waals surface area contributed by atoms with Gasteiger partial charge in [0.1, 0.15) is 0 Å². The number of nitrogens with zero attached hydrogens (tertiary/aromatic N) is 1. The summed E-state index contributed by atoms with van der Waals surface area (Å²) in [5, 5.41) is 16.1. The van der Waals surface area contributed by atoms with E-state index >= 15 is 0 Å². The largest absolute Gasteiger partial charge is 0.477 e. The Bertz CT molecular complexity index is 856. The number of anilines is 1. The molecule has 2 amide bonds. The Labute approximate surface area is 156 Å². The van der Waals surface area contributed by atoms with Crippen molar-refractivity contribution in [2.24, 2.45) is 0 Å². The highest BCUT2D eigenvalue weighted by atomic mass is 16.6. The molecule has 2 rings (SSSR count). The first-order chi connectivity index (χ1) is 12.8. The monoisotopic (exact) mass is 371 g/mol. The fourth-order valence-corrected chi connectivity index (χ4v) is 2.66. The van der Waals surface area contributed by atoms with Gasteiger partial charge >= 0.3 is 5.69 Å². The fourth-order valence-electron chi connectivity index (χ4n) is 2.66. The van der Waals surface area contributed by atoms with E-state index in [4.69, 9.17) is 4.74 Å². The molecular weight excluding hydrogens is 350 g/mol. The van der Waals surface area contributed by atoms with Gasteiger partial charge in [0.15, 0.2) is 12.4 Å². The molecule has 8 heteroatoms. The second kappa shape index (κ2) is 8.79. The number of carbonyl (C=O) groups excluding carboxylic acids is 2. The molecule has 0 aliphatic heterocycles. The van der Waals surface area contributed by atoms with Gasteiger partial charge in [0.2, 0.25) is 5.91 Å². The van der Waals surface area contributed by atoms with Crippen molar-refractivity contribution in [3.63, 3.8) is 0 Å². The van der Waals surface area contributed by atoms with Crippen LogP contribution < -0.4 is 15.4 Å². The Kier molecular flexibility index (Phi) is 6.48. The summed E-state index contributed by atoms with van der Waals surface area (Å²) in [7, 11) is 0. The standard InChI is InChI=1S/C19H21N3O5/c1-12-8-13(2)19(14(3)9-12)21-17(23)10-20-18(24)11-27-16-7-5-4-6-15(16)22(25)26/h4-9H,10-11H2,1-3H3,(H,20,24)(H,21,23). The highest BCUT2D eigenvalue weighted by Gasteiger charge is 2.15. The number of rotatable bonds is 7. The Morgan fingerprint density at radius 1 is 1.07 bits per heavy atom. The van der Waals surface area contributed by atoms with Crippen LogP contribution in [0, 0.1) is 30.9 Å². The molecule has 0 unspecified atom stereocenters. The molecule has 8 nitrogen and oxygen atoms in total. The van der Waals surface area contributed by atoms with E-state index in [1.54, 1.807) is 6.07 Å². The minimum atomic E-state index is -0.590. The van der Waals surface area contributed by atoms with Crippen molar-refractivity contribution in [3.05, 3.63) is 63.2 Å². The van der Waals surface area contributed by atoms with Gasteiger partial charge in [0, 0.05) is 11.8 Å². The number of hydrogen-bond donors (Lipinski definition) is 2. The number of nitrogens with one attached hydrogen (secondary N) is 2. The molecule has 2 aromatic carbocycles. The lowest BCUT2D eigenvalue weighted by atomic mass is 10.1. The predicted molar refractivity (Wildman–Crippen MR) is 101 cm³/mol. The van der Waals surface area contributed by atoms with Crippen molar-refractivity contribution in [1.82, 2.24) is 5.32 Å². The first-order valence-electron chi connectivity index (χ1n) is 8.28. The highest BCUT2D eigenvalue weighted by molar-refractivity contribution is 5.95. The summed E-state index contributed by atoms with van der Waals surface area (Å²) < 4.78 is 5.18. The average Bonchev–Trinajstić information content (AvgIpc) is 2.61. The molecule has 0 bridgehead atoms. The molecular formula is C19H21N3O5. The maximum Gasteiger partial charge on any atom is 0.310 e. The molecule has 2 aromatic rings. The van der Waals surface area contributed by atoms with Crippen LogP contribution in [0.1, 0.15) is 16.7 Å². The lowest BCUT2D eigenvalue weighted by Crippen LogP contribution is -2.36. The number of aryl methyl sites for hydroxylation is 3. The minimum absolute atomic E-state index is 0.00648. The molecule has 0 saturated carbocycles. The quantitative estimate of drug-likeness (QED) is 0.574. The van der Waals surface area contributed by atoms with Crippen molar-refractivity contribution in [3.8, 4) is 5.75 Å². The van der Waals surface area contributed by atoms with Gasteiger partial charge in [0.05, 0.1) is 11.5 Å². The summed E-state index contributed by atoms with van der Waals surface area (Å²) in [6, 6.07) is 9.68. The van der Waals surface area contributed by atoms with E-state index in [9.17, 15) is 19.7 Å². The third kappa shape index (κ3) is 5.53. The zero-order valence-corrected chi connectivity index (χ0v) is 15.4. The molecule has 0 heterocycles. The normalized spacial score (nSPS) is 10.2. The molecule has 0 spiro atoms. The molecule has 0 aliphatic rings. The van der Waals surface area contributed by atoms with Crippen molar-refractivity contribution >= 4 is 23.2 Å². The highest BCUT2D eigenvalue weighted by Crippen LogP contribution is 2.25. The van der Waals surface area contributed by atoms with Gasteiger partial charge in [-0.15, -0.1) is 0 Å². The molecule has 0 saturated heterocycles. The van der Waals surface area contributed by atoms with Crippen LogP contribution in [0.4, 0.5) is 11.4 Å². The van der Waals surface area contributed by atoms with E-state index in [2.05, 4.69) is 10.6 Å². The summed E-state index contributed by atoms with van der Waals surface area (Å²) >= 11 is 0. The van der Waals surface area contributed by atoms with Crippen molar-refractivity contribution in [1.29, 1.82) is 0 Å². The molecule has 0 aliphatic carbocycles. The van der Waals surface area contributed by atoms with Crippen molar-refractivity contribution in [2.45, 2.75) is 20.8 Å². The van der Waals surface area contributed by atoms with Crippen LogP contribution >= 0.6 is 0 Å². The van der Waals surface area contributed by atoms with E-state index in [0.29, 0.717) is 0 Å². The Balaban J connectivity index is 1.86. The van der Waals surface area contributed by atoms with Gasteiger partial charge in [-0.2, -0.15) is 0 Å². The van der Waals surface area contributed by atoms with Gasteiger partial charge in [0.25, 0.3) is 5.91 Å². The van der Waals surface area contributed by atoms with Crippen LogP contribution in [0.15, 0.2) is 36.4 Å². The molecule has 142 valence electrons. The van der Waals surface area contributed by atoms with Gasteiger partial charge < -0.3 is 15.4 Å². The summed E-state index contributed by atoms with van der Waals surface area (Å²) in [6.07, 6.45) is 0. The second-order valence-electron chi connectivity index (χ2n) is 6.11. The zero-order chi connectivity index (χ0) is 20.0. The van der Waals surface area contributed by atoms with Crippen LogP contribution in [-0.2, 0) is 9.59 Å². The van der Waals surface area contributed by atoms with E-state index in [1.807, 2.05) is 32.9 Å². The molecule has 0 aromatic heterocycles. The SMILES string of the molecule is Cc1cc(C)c(NC(=O)CNC(=O)COc2ccccc2[N+](=O)[O-])c(C)c1. The molecule has 0 atom stereocenters. The van der Waals surface area contributed by atoms with Crippen LogP contribution in [0.3, 0.4) is 0 Å². The number of carbonyl (C=O) groups is 2. The fraction of sp³-hybridized carbons (Fsp3) is 0.263. The topological polar surface area (TPSA) is 111 Å². The molecule has 2 N–H and O–H groups in total. The van der Waals surface area contributed by atoms with E-state index in [1.165, 1.54) is 18.2 Å². The smallest absolute Gasteiger partial charge is 0.310 e. The predicted octanol–water partition coefficient (Wildman–Crippen LogP) is 2.65. The van der Waals surface area contributed by atoms with Crippen molar-refractivity contribution < 1.29 is 19.2 Å². The summed E-state index contributed by atoms with van der Waals surface area (Å²) in [5.41, 5.74) is 3.46. The van der Waals surface area contributed by atoms with E-state index in [0.717, 1.165) is 22.4 Å². The number of nitro benzene ring substituents is 1. The lowest BCUT2D eigenvalue weighted by molar-refractivity contribution is -0.385.